The van der Waals surface area contributed by atoms with E-state index in [1.54, 1.807) is 0 Å². The summed E-state index contributed by atoms with van der Waals surface area (Å²) in [5.74, 6) is -3.64. The van der Waals surface area contributed by atoms with Gasteiger partial charge in [-0.25, -0.2) is 13.9 Å². The van der Waals surface area contributed by atoms with Crippen molar-refractivity contribution in [2.24, 2.45) is 5.41 Å². The number of carboxylic acids is 1. The highest BCUT2D eigenvalue weighted by Gasteiger charge is 2.53. The summed E-state index contributed by atoms with van der Waals surface area (Å²) in [6.45, 7) is 1.48. The minimum absolute atomic E-state index is 0.0870. The zero-order valence-corrected chi connectivity index (χ0v) is 15.0. The van der Waals surface area contributed by atoms with Crippen LogP contribution in [-0.4, -0.2) is 70.1 Å². The number of amides is 1. The van der Waals surface area contributed by atoms with E-state index in [9.17, 15) is 22.4 Å². The number of carbonyl (C=O) groups is 2. The topological polar surface area (TPSA) is 116 Å². The summed E-state index contributed by atoms with van der Waals surface area (Å²) in [6.07, 6.45) is 0. The summed E-state index contributed by atoms with van der Waals surface area (Å²) >= 11 is 0. The van der Waals surface area contributed by atoms with E-state index in [2.05, 4.69) is 0 Å². The van der Waals surface area contributed by atoms with E-state index in [4.69, 9.17) is 9.84 Å². The predicted octanol–water partition coefficient (Wildman–Crippen LogP) is -0.103. The third-order valence-corrected chi connectivity index (χ3v) is 5.83. The van der Waals surface area contributed by atoms with Gasteiger partial charge in [0.2, 0.25) is 0 Å². The summed E-state index contributed by atoms with van der Waals surface area (Å²) in [7, 11) is -1.02. The van der Waals surface area contributed by atoms with Gasteiger partial charge in [-0.05, 0) is 12.1 Å². The van der Waals surface area contributed by atoms with Gasteiger partial charge in [-0.1, -0.05) is 0 Å². The molecule has 1 amide bonds. The highest BCUT2D eigenvalue weighted by Crippen LogP contribution is 2.38. The fraction of sp³-hybridized carbons (Fsp3) is 0.467. The first kappa shape index (κ1) is 18.5. The number of halogens is 1. The highest BCUT2D eigenvalue weighted by atomic mass is 32.2. The van der Waals surface area contributed by atoms with Gasteiger partial charge in [0.15, 0.2) is 0 Å². The Kier molecular flexibility index (Phi) is 4.41. The number of carbonyl (C=O) groups excluding carboxylic acids is 1. The van der Waals surface area contributed by atoms with Crippen molar-refractivity contribution in [3.8, 4) is 0 Å². The van der Waals surface area contributed by atoms with Crippen molar-refractivity contribution >= 4 is 27.8 Å². The molecule has 2 heterocycles. The van der Waals surface area contributed by atoms with E-state index < -0.39 is 33.5 Å². The summed E-state index contributed by atoms with van der Waals surface area (Å²) < 4.78 is 46.7. The molecule has 11 heteroatoms. The smallest absolute Gasteiger partial charge is 0.338 e. The molecule has 2 fully saturated rings. The van der Waals surface area contributed by atoms with Crippen LogP contribution in [0.3, 0.4) is 0 Å². The Morgan fingerprint density at radius 1 is 1.27 bits per heavy atom. The zero-order chi connectivity index (χ0) is 19.3. The SMILES string of the molecule is CN(C)c1cc(C(=O)O)c(F)cc1C(=O)NS(=O)(=O)N1CC2(COC2)C1. The van der Waals surface area contributed by atoms with Crippen molar-refractivity contribution in [1.29, 1.82) is 0 Å². The van der Waals surface area contributed by atoms with Gasteiger partial charge in [0.05, 0.1) is 30.0 Å². The third-order valence-electron chi connectivity index (χ3n) is 4.44. The van der Waals surface area contributed by atoms with Crippen molar-refractivity contribution in [1.82, 2.24) is 9.03 Å². The van der Waals surface area contributed by atoms with Crippen LogP contribution in [-0.2, 0) is 14.9 Å². The van der Waals surface area contributed by atoms with Crippen LogP contribution in [0, 0.1) is 11.2 Å². The molecule has 1 spiro atoms. The largest absolute Gasteiger partial charge is 0.478 e. The first-order valence-corrected chi connectivity index (χ1v) is 9.13. The van der Waals surface area contributed by atoms with Crippen LogP contribution >= 0.6 is 0 Å². The standard InChI is InChI=1S/C15H18FN3O6S/c1-18(2)12-4-9(14(21)22)11(16)3-10(12)13(20)17-26(23,24)19-5-15(6-19)7-25-8-15/h3-4H,5-8H2,1-2H3,(H,17,20)(H,21,22). The number of carboxylic acid groups (broad SMARTS) is 1. The summed E-state index contributed by atoms with van der Waals surface area (Å²) in [5.41, 5.74) is -0.961. The van der Waals surface area contributed by atoms with Gasteiger partial charge in [0.25, 0.3) is 5.91 Å². The molecule has 0 aliphatic carbocycles. The van der Waals surface area contributed by atoms with Crippen LogP contribution in [0.2, 0.25) is 0 Å². The second-order valence-electron chi connectivity index (χ2n) is 6.75. The maximum Gasteiger partial charge on any atom is 0.338 e. The van der Waals surface area contributed by atoms with Crippen molar-refractivity contribution in [2.45, 2.75) is 0 Å². The van der Waals surface area contributed by atoms with E-state index in [0.717, 1.165) is 16.4 Å². The minimum atomic E-state index is -4.08. The second-order valence-corrected chi connectivity index (χ2v) is 8.42. The molecule has 2 saturated heterocycles. The molecule has 26 heavy (non-hydrogen) atoms. The van der Waals surface area contributed by atoms with Crippen LogP contribution in [0.25, 0.3) is 0 Å². The first-order chi connectivity index (χ1) is 12.0. The fourth-order valence-corrected chi connectivity index (χ4v) is 4.32. The molecule has 0 atom stereocenters. The first-order valence-electron chi connectivity index (χ1n) is 7.69. The molecule has 0 bridgehead atoms. The second kappa shape index (κ2) is 6.18. The lowest BCUT2D eigenvalue weighted by Crippen LogP contribution is -2.68. The van der Waals surface area contributed by atoms with Crippen LogP contribution in [0.1, 0.15) is 20.7 Å². The fourth-order valence-electron chi connectivity index (χ4n) is 2.96. The van der Waals surface area contributed by atoms with Gasteiger partial charge in [-0.3, -0.25) is 4.79 Å². The maximum atomic E-state index is 14.0. The molecule has 3 rings (SSSR count). The van der Waals surface area contributed by atoms with E-state index in [1.165, 1.54) is 19.0 Å². The Bertz CT molecular complexity index is 874. The Morgan fingerprint density at radius 3 is 2.35 bits per heavy atom. The monoisotopic (exact) mass is 387 g/mol. The zero-order valence-electron chi connectivity index (χ0n) is 14.2. The summed E-state index contributed by atoms with van der Waals surface area (Å²) in [6, 6.07) is 1.71. The molecule has 142 valence electrons. The Morgan fingerprint density at radius 2 is 1.88 bits per heavy atom. The normalized spacial score (nSPS) is 18.7. The van der Waals surface area contributed by atoms with Crippen molar-refractivity contribution in [3.05, 3.63) is 29.1 Å². The number of rotatable bonds is 5. The lowest BCUT2D eigenvalue weighted by atomic mass is 9.80. The predicted molar refractivity (Wildman–Crippen MR) is 88.9 cm³/mol. The molecule has 0 aromatic heterocycles. The summed E-state index contributed by atoms with van der Waals surface area (Å²) in [4.78, 5) is 24.9. The molecule has 1 aromatic carbocycles. The number of nitrogens with zero attached hydrogens (tertiary/aromatic N) is 2. The number of hydrogen-bond donors (Lipinski definition) is 2. The van der Waals surface area contributed by atoms with Gasteiger partial charge in [-0.2, -0.15) is 12.7 Å². The molecular weight excluding hydrogens is 369 g/mol. The lowest BCUT2D eigenvalue weighted by Gasteiger charge is -2.53. The Hall–Kier alpha value is -2.24. The van der Waals surface area contributed by atoms with Gasteiger partial charge in [0.1, 0.15) is 5.82 Å². The van der Waals surface area contributed by atoms with Gasteiger partial charge < -0.3 is 14.7 Å². The quantitative estimate of drug-likeness (QED) is 0.724. The van der Waals surface area contributed by atoms with Crippen LogP contribution < -0.4 is 9.62 Å². The summed E-state index contributed by atoms with van der Waals surface area (Å²) in [5, 5.41) is 9.01. The lowest BCUT2D eigenvalue weighted by molar-refractivity contribution is -0.167. The molecule has 2 aliphatic rings. The van der Waals surface area contributed by atoms with Gasteiger partial charge in [-0.15, -0.1) is 0 Å². The number of nitrogens with one attached hydrogen (secondary N) is 1. The maximum absolute atomic E-state index is 14.0. The van der Waals surface area contributed by atoms with E-state index >= 15 is 0 Å². The average Bonchev–Trinajstić information content (AvgIpc) is 2.42. The van der Waals surface area contributed by atoms with Crippen LogP contribution in [0.5, 0.6) is 0 Å². The molecule has 2 N–H and O–H groups in total. The molecular formula is C15H18FN3O6S. The molecule has 2 aliphatic heterocycles. The highest BCUT2D eigenvalue weighted by molar-refractivity contribution is 7.87. The van der Waals surface area contributed by atoms with Crippen LogP contribution in [0.15, 0.2) is 12.1 Å². The molecule has 0 saturated carbocycles. The Labute approximate surface area is 149 Å². The minimum Gasteiger partial charge on any atom is -0.478 e. The average molecular weight is 387 g/mol. The molecule has 1 aromatic rings. The Balaban J connectivity index is 1.83. The van der Waals surface area contributed by atoms with E-state index in [1.807, 2.05) is 4.72 Å². The van der Waals surface area contributed by atoms with Crippen molar-refractivity contribution in [3.63, 3.8) is 0 Å². The molecule has 0 radical (unpaired) electrons. The van der Waals surface area contributed by atoms with Gasteiger partial charge >= 0.3 is 16.2 Å². The number of hydrogen-bond acceptors (Lipinski definition) is 6. The third kappa shape index (κ3) is 3.13. The number of anilines is 1. The molecule has 9 nitrogen and oxygen atoms in total. The number of ether oxygens (including phenoxy) is 1. The van der Waals surface area contributed by atoms with Crippen molar-refractivity contribution in [2.75, 3.05) is 45.3 Å². The van der Waals surface area contributed by atoms with E-state index in [-0.39, 0.29) is 29.8 Å². The van der Waals surface area contributed by atoms with E-state index in [0.29, 0.717) is 13.2 Å². The van der Waals surface area contributed by atoms with Crippen LogP contribution in [0.4, 0.5) is 10.1 Å². The number of aromatic carboxylic acids is 1. The molecule has 0 unspecified atom stereocenters. The van der Waals surface area contributed by atoms with Crippen molar-refractivity contribution < 1.29 is 32.2 Å². The number of benzene rings is 1. The van der Waals surface area contributed by atoms with Gasteiger partial charge in [0, 0.05) is 32.6 Å².